The summed E-state index contributed by atoms with van der Waals surface area (Å²) in [5.74, 6) is 1.74. The van der Waals surface area contributed by atoms with Crippen LogP contribution in [0.1, 0.15) is 32.6 Å². The van der Waals surface area contributed by atoms with Gasteiger partial charge in [0.15, 0.2) is 0 Å². The number of aromatic nitrogens is 2. The van der Waals surface area contributed by atoms with E-state index in [4.69, 9.17) is 10.5 Å². The minimum atomic E-state index is -0.138. The summed E-state index contributed by atoms with van der Waals surface area (Å²) in [6, 6.07) is 1.91. The Bertz CT molecular complexity index is 506. The molecule has 1 fully saturated rings. The summed E-state index contributed by atoms with van der Waals surface area (Å²) in [5.41, 5.74) is 5.82. The molecule has 0 atom stereocenters. The number of nitrogens with zero attached hydrogens (tertiary/aromatic N) is 2. The van der Waals surface area contributed by atoms with Crippen LogP contribution in [0.4, 0.5) is 11.8 Å². The van der Waals surface area contributed by atoms with Gasteiger partial charge in [-0.25, -0.2) is 4.98 Å². The van der Waals surface area contributed by atoms with Crippen LogP contribution in [-0.4, -0.2) is 35.3 Å². The third-order valence-electron chi connectivity index (χ3n) is 3.51. The molecule has 1 heterocycles. The van der Waals surface area contributed by atoms with Crippen molar-refractivity contribution in [3.63, 3.8) is 0 Å². The fourth-order valence-electron chi connectivity index (χ4n) is 2.01. The van der Waals surface area contributed by atoms with Gasteiger partial charge in [0.25, 0.3) is 0 Å². The lowest BCUT2D eigenvalue weighted by molar-refractivity contribution is -0.141. The van der Waals surface area contributed by atoms with E-state index in [1.165, 1.54) is 7.11 Å². The van der Waals surface area contributed by atoms with E-state index in [2.05, 4.69) is 22.2 Å². The first kappa shape index (κ1) is 15.9. The summed E-state index contributed by atoms with van der Waals surface area (Å²) in [6.45, 7) is 2.95. The fraction of sp³-hybridized carbons (Fsp3) is 0.643. The lowest BCUT2D eigenvalue weighted by Gasteiger charge is -2.13. The van der Waals surface area contributed by atoms with Gasteiger partial charge in [0.2, 0.25) is 5.95 Å². The molecule has 0 saturated heterocycles. The Kier molecular flexibility index (Phi) is 5.27. The number of nitrogen functional groups attached to an aromatic ring is 1. The summed E-state index contributed by atoms with van der Waals surface area (Å²) in [6.07, 6.45) is 3.64. The number of rotatable bonds is 8. The summed E-state index contributed by atoms with van der Waals surface area (Å²) in [4.78, 5) is 19.8. The van der Waals surface area contributed by atoms with Gasteiger partial charge in [-0.1, -0.05) is 6.92 Å². The van der Waals surface area contributed by atoms with Gasteiger partial charge in [-0.15, -0.1) is 11.8 Å². The molecule has 1 aromatic heterocycles. The van der Waals surface area contributed by atoms with Crippen LogP contribution in [0, 0.1) is 5.41 Å². The second-order valence-corrected chi connectivity index (χ2v) is 6.41. The van der Waals surface area contributed by atoms with E-state index in [1.807, 2.05) is 6.07 Å². The highest BCUT2D eigenvalue weighted by Gasteiger charge is 2.44. The largest absolute Gasteiger partial charge is 0.469 e. The zero-order chi connectivity index (χ0) is 15.3. The van der Waals surface area contributed by atoms with E-state index in [-0.39, 0.29) is 17.3 Å². The van der Waals surface area contributed by atoms with E-state index < -0.39 is 0 Å². The molecule has 7 heteroatoms. The van der Waals surface area contributed by atoms with Gasteiger partial charge >= 0.3 is 5.97 Å². The summed E-state index contributed by atoms with van der Waals surface area (Å²) in [5, 5.41) is 4.06. The quantitative estimate of drug-likeness (QED) is 0.432. The van der Waals surface area contributed by atoms with Crippen LogP contribution >= 0.6 is 11.8 Å². The molecule has 21 heavy (non-hydrogen) atoms. The molecular weight excluding hydrogens is 288 g/mol. The number of esters is 1. The monoisotopic (exact) mass is 310 g/mol. The Balaban J connectivity index is 1.93. The van der Waals surface area contributed by atoms with Crippen LogP contribution < -0.4 is 11.1 Å². The molecule has 0 aliphatic heterocycles. The Hall–Kier alpha value is -1.50. The number of nitrogens with one attached hydrogen (secondary N) is 1. The number of anilines is 2. The molecule has 0 spiro atoms. The second kappa shape index (κ2) is 6.98. The van der Waals surface area contributed by atoms with E-state index >= 15 is 0 Å². The summed E-state index contributed by atoms with van der Waals surface area (Å²) in [7, 11) is 1.43. The van der Waals surface area contributed by atoms with Gasteiger partial charge in [-0.3, -0.25) is 4.79 Å². The molecule has 1 aliphatic carbocycles. The van der Waals surface area contributed by atoms with Crippen LogP contribution in [-0.2, 0) is 9.53 Å². The normalized spacial score (nSPS) is 15.5. The highest BCUT2D eigenvalue weighted by molar-refractivity contribution is 7.99. The number of methoxy groups -OCH3 is 1. The molecule has 0 bridgehead atoms. The van der Waals surface area contributed by atoms with Gasteiger partial charge in [-0.05, 0) is 24.7 Å². The molecule has 0 amide bonds. The van der Waals surface area contributed by atoms with Crippen molar-refractivity contribution in [3.8, 4) is 0 Å². The molecule has 116 valence electrons. The molecule has 1 saturated carbocycles. The first-order chi connectivity index (χ1) is 10.1. The van der Waals surface area contributed by atoms with Gasteiger partial charge in [-0.2, -0.15) is 4.98 Å². The van der Waals surface area contributed by atoms with Crippen LogP contribution in [0.3, 0.4) is 0 Å². The predicted octanol–water partition coefficient (Wildman–Crippen LogP) is 2.32. The van der Waals surface area contributed by atoms with Crippen molar-refractivity contribution >= 4 is 29.5 Å². The van der Waals surface area contributed by atoms with E-state index in [9.17, 15) is 4.79 Å². The molecule has 0 aromatic carbocycles. The number of thioether (sulfide) groups is 1. The first-order valence-electron chi connectivity index (χ1n) is 7.15. The van der Waals surface area contributed by atoms with Gasteiger partial charge < -0.3 is 15.8 Å². The van der Waals surface area contributed by atoms with Crippen molar-refractivity contribution in [1.82, 2.24) is 9.97 Å². The number of hydrogen-bond acceptors (Lipinski definition) is 7. The Morgan fingerprint density at radius 1 is 1.52 bits per heavy atom. The first-order valence-corrected chi connectivity index (χ1v) is 8.13. The van der Waals surface area contributed by atoms with Crippen molar-refractivity contribution in [2.75, 3.05) is 30.5 Å². The molecule has 0 radical (unpaired) electrons. The lowest BCUT2D eigenvalue weighted by atomic mass is 10.1. The lowest BCUT2D eigenvalue weighted by Crippen LogP contribution is -2.13. The van der Waals surface area contributed by atoms with E-state index in [1.54, 1.807) is 11.8 Å². The smallest absolute Gasteiger partial charge is 0.306 e. The average molecular weight is 310 g/mol. The topological polar surface area (TPSA) is 90.1 Å². The average Bonchev–Trinajstić information content (AvgIpc) is 3.22. The molecule has 1 aliphatic rings. The zero-order valence-corrected chi connectivity index (χ0v) is 13.3. The number of hydrogen-bond donors (Lipinski definition) is 2. The standard InChI is InChI=1S/C14H22N4O2S/c1-3-6-16-10-7-11(18-13(15)17-10)21-9-14(4-5-14)8-12(19)20-2/h7H,3-6,8-9H2,1-2H3,(H3,15,16,17,18). The number of carbonyl (C=O) groups excluding carboxylic acids is 1. The third-order valence-corrected chi connectivity index (χ3v) is 4.77. The third kappa shape index (κ3) is 4.77. The highest BCUT2D eigenvalue weighted by Crippen LogP contribution is 2.52. The zero-order valence-electron chi connectivity index (χ0n) is 12.5. The minimum absolute atomic E-state index is 0.0779. The van der Waals surface area contributed by atoms with Crippen LogP contribution in [0.15, 0.2) is 11.1 Å². The van der Waals surface area contributed by atoms with Crippen molar-refractivity contribution in [2.24, 2.45) is 5.41 Å². The molecule has 6 nitrogen and oxygen atoms in total. The maximum Gasteiger partial charge on any atom is 0.306 e. The molecule has 2 rings (SSSR count). The molecule has 1 aromatic rings. The maximum absolute atomic E-state index is 11.4. The minimum Gasteiger partial charge on any atom is -0.469 e. The van der Waals surface area contributed by atoms with Crippen molar-refractivity contribution in [3.05, 3.63) is 6.07 Å². The SMILES string of the molecule is CCCNc1cc(SCC2(CC(=O)OC)CC2)nc(N)n1. The molecular formula is C14H22N4O2S. The summed E-state index contributed by atoms with van der Waals surface area (Å²) < 4.78 is 4.76. The Labute approximate surface area is 129 Å². The van der Waals surface area contributed by atoms with Crippen molar-refractivity contribution < 1.29 is 9.53 Å². The van der Waals surface area contributed by atoms with Gasteiger partial charge in [0.1, 0.15) is 10.8 Å². The van der Waals surface area contributed by atoms with E-state index in [0.29, 0.717) is 6.42 Å². The van der Waals surface area contributed by atoms with Crippen LogP contribution in [0.5, 0.6) is 0 Å². The maximum atomic E-state index is 11.4. The van der Waals surface area contributed by atoms with E-state index in [0.717, 1.165) is 42.4 Å². The second-order valence-electron chi connectivity index (χ2n) is 5.42. The number of carbonyl (C=O) groups is 1. The Morgan fingerprint density at radius 3 is 2.90 bits per heavy atom. The number of nitrogens with two attached hydrogens (primary N) is 1. The van der Waals surface area contributed by atoms with Crippen molar-refractivity contribution in [1.29, 1.82) is 0 Å². The Morgan fingerprint density at radius 2 is 2.29 bits per heavy atom. The van der Waals surface area contributed by atoms with Crippen LogP contribution in [0.2, 0.25) is 0 Å². The molecule has 0 unspecified atom stereocenters. The highest BCUT2D eigenvalue weighted by atomic mass is 32.2. The summed E-state index contributed by atoms with van der Waals surface area (Å²) >= 11 is 1.63. The number of ether oxygens (including phenoxy) is 1. The molecule has 3 N–H and O–H groups in total. The van der Waals surface area contributed by atoms with Crippen molar-refractivity contribution in [2.45, 2.75) is 37.6 Å². The van der Waals surface area contributed by atoms with Gasteiger partial charge in [0, 0.05) is 18.4 Å². The fourth-order valence-corrected chi connectivity index (χ4v) is 3.21. The van der Waals surface area contributed by atoms with Gasteiger partial charge in [0.05, 0.1) is 13.5 Å². The predicted molar refractivity (Wildman–Crippen MR) is 84.2 cm³/mol. The van der Waals surface area contributed by atoms with Crippen LogP contribution in [0.25, 0.3) is 0 Å².